The van der Waals surface area contributed by atoms with E-state index in [-0.39, 0.29) is 6.04 Å². The summed E-state index contributed by atoms with van der Waals surface area (Å²) in [7, 11) is 2.16. The van der Waals surface area contributed by atoms with Crippen molar-refractivity contribution in [2.75, 3.05) is 24.0 Å². The predicted octanol–water partition coefficient (Wildman–Crippen LogP) is 3.53. The van der Waals surface area contributed by atoms with Crippen molar-refractivity contribution < 1.29 is 0 Å². The Kier molecular flexibility index (Phi) is 6.53. The van der Waals surface area contributed by atoms with Crippen molar-refractivity contribution in [3.05, 3.63) is 28.2 Å². The SMILES string of the molecule is CSCC(C)N(C)c1cc(Br)ccc1CC(C)N. The number of benzene rings is 1. The number of hydrogen-bond acceptors (Lipinski definition) is 3. The van der Waals surface area contributed by atoms with Gasteiger partial charge in [-0.2, -0.15) is 11.8 Å². The molecule has 0 amide bonds. The molecule has 0 heterocycles. The monoisotopic (exact) mass is 330 g/mol. The quantitative estimate of drug-likeness (QED) is 0.865. The van der Waals surface area contributed by atoms with E-state index in [1.54, 1.807) is 0 Å². The van der Waals surface area contributed by atoms with Gasteiger partial charge in [0, 0.05) is 35.0 Å². The lowest BCUT2D eigenvalue weighted by Crippen LogP contribution is -2.32. The molecule has 0 radical (unpaired) electrons. The first kappa shape index (κ1) is 15.9. The third kappa shape index (κ3) is 4.48. The van der Waals surface area contributed by atoms with Crippen molar-refractivity contribution in [2.45, 2.75) is 32.4 Å². The van der Waals surface area contributed by atoms with Crippen LogP contribution in [0.4, 0.5) is 5.69 Å². The molecule has 18 heavy (non-hydrogen) atoms. The molecule has 4 heteroatoms. The summed E-state index contributed by atoms with van der Waals surface area (Å²) in [6, 6.07) is 7.16. The molecule has 0 saturated heterocycles. The Bertz CT molecular complexity index is 382. The minimum Gasteiger partial charge on any atom is -0.371 e. The second kappa shape index (κ2) is 7.41. The van der Waals surface area contributed by atoms with Crippen molar-refractivity contribution in [2.24, 2.45) is 5.73 Å². The van der Waals surface area contributed by atoms with Gasteiger partial charge in [0.2, 0.25) is 0 Å². The van der Waals surface area contributed by atoms with Gasteiger partial charge in [0.05, 0.1) is 0 Å². The van der Waals surface area contributed by atoms with E-state index in [2.05, 4.69) is 66.2 Å². The topological polar surface area (TPSA) is 29.3 Å². The predicted molar refractivity (Wildman–Crippen MR) is 87.7 cm³/mol. The second-order valence-electron chi connectivity index (χ2n) is 4.87. The van der Waals surface area contributed by atoms with Crippen LogP contribution in [0.3, 0.4) is 0 Å². The molecule has 0 spiro atoms. The number of hydrogen-bond donors (Lipinski definition) is 1. The highest BCUT2D eigenvalue weighted by molar-refractivity contribution is 9.10. The number of thioether (sulfide) groups is 1. The van der Waals surface area contributed by atoms with E-state index in [0.29, 0.717) is 6.04 Å². The number of halogens is 1. The fourth-order valence-electron chi connectivity index (χ4n) is 1.98. The molecule has 0 aliphatic carbocycles. The number of rotatable bonds is 6. The number of anilines is 1. The Morgan fingerprint density at radius 2 is 2.06 bits per heavy atom. The molecule has 0 saturated carbocycles. The van der Waals surface area contributed by atoms with Gasteiger partial charge in [-0.1, -0.05) is 22.0 Å². The highest BCUT2D eigenvalue weighted by Crippen LogP contribution is 2.27. The fraction of sp³-hybridized carbons (Fsp3) is 0.571. The lowest BCUT2D eigenvalue weighted by Gasteiger charge is -2.29. The van der Waals surface area contributed by atoms with Gasteiger partial charge >= 0.3 is 0 Å². The van der Waals surface area contributed by atoms with E-state index in [9.17, 15) is 0 Å². The van der Waals surface area contributed by atoms with E-state index in [0.717, 1.165) is 16.6 Å². The molecule has 1 aromatic carbocycles. The van der Waals surface area contributed by atoms with Crippen LogP contribution in [0.5, 0.6) is 0 Å². The molecule has 0 bridgehead atoms. The Morgan fingerprint density at radius 1 is 1.39 bits per heavy atom. The van der Waals surface area contributed by atoms with Crippen LogP contribution in [0.25, 0.3) is 0 Å². The van der Waals surface area contributed by atoms with Crippen molar-refractivity contribution in [1.82, 2.24) is 0 Å². The Balaban J connectivity index is 3.00. The summed E-state index contributed by atoms with van der Waals surface area (Å²) in [5, 5.41) is 0. The van der Waals surface area contributed by atoms with Crippen LogP contribution in [-0.2, 0) is 6.42 Å². The molecular weight excluding hydrogens is 308 g/mol. The van der Waals surface area contributed by atoms with Crippen molar-refractivity contribution in [3.8, 4) is 0 Å². The summed E-state index contributed by atoms with van der Waals surface area (Å²) in [4.78, 5) is 2.35. The third-order valence-electron chi connectivity index (χ3n) is 3.04. The van der Waals surface area contributed by atoms with Gasteiger partial charge in [-0.15, -0.1) is 0 Å². The summed E-state index contributed by atoms with van der Waals surface area (Å²) in [5.41, 5.74) is 8.54. The van der Waals surface area contributed by atoms with E-state index < -0.39 is 0 Å². The molecular formula is C14H23BrN2S. The molecule has 0 aromatic heterocycles. The van der Waals surface area contributed by atoms with E-state index in [1.807, 2.05) is 11.8 Å². The maximum Gasteiger partial charge on any atom is 0.0410 e. The first-order chi connectivity index (χ1) is 8.45. The highest BCUT2D eigenvalue weighted by atomic mass is 79.9. The summed E-state index contributed by atoms with van der Waals surface area (Å²) in [6.45, 7) is 4.31. The van der Waals surface area contributed by atoms with Crippen LogP contribution in [0.2, 0.25) is 0 Å². The second-order valence-corrected chi connectivity index (χ2v) is 6.70. The van der Waals surface area contributed by atoms with Gasteiger partial charge < -0.3 is 10.6 Å². The lowest BCUT2D eigenvalue weighted by molar-refractivity contribution is 0.720. The van der Waals surface area contributed by atoms with Crippen molar-refractivity contribution in [1.29, 1.82) is 0 Å². The lowest BCUT2D eigenvalue weighted by atomic mass is 10.0. The van der Waals surface area contributed by atoms with E-state index in [1.165, 1.54) is 11.3 Å². The van der Waals surface area contributed by atoms with Gasteiger partial charge in [-0.05, 0) is 44.2 Å². The van der Waals surface area contributed by atoms with Crippen LogP contribution in [-0.4, -0.2) is 31.1 Å². The van der Waals surface area contributed by atoms with Crippen molar-refractivity contribution >= 4 is 33.4 Å². The largest absolute Gasteiger partial charge is 0.371 e. The first-order valence-corrected chi connectivity index (χ1v) is 8.40. The Morgan fingerprint density at radius 3 is 2.61 bits per heavy atom. The smallest absolute Gasteiger partial charge is 0.0410 e. The zero-order valence-electron chi connectivity index (χ0n) is 11.6. The molecule has 0 fully saturated rings. The molecule has 2 N–H and O–H groups in total. The number of nitrogens with zero attached hydrogens (tertiary/aromatic N) is 1. The minimum absolute atomic E-state index is 0.189. The zero-order chi connectivity index (χ0) is 13.7. The van der Waals surface area contributed by atoms with Gasteiger partial charge in [0.25, 0.3) is 0 Å². The fourth-order valence-corrected chi connectivity index (χ4v) is 3.03. The standard InChI is InChI=1S/C14H23BrN2S/c1-10(16)7-12-5-6-13(15)8-14(12)17(3)11(2)9-18-4/h5-6,8,10-11H,7,9,16H2,1-4H3. The van der Waals surface area contributed by atoms with Crippen LogP contribution < -0.4 is 10.6 Å². The Labute approximate surface area is 123 Å². The Hall–Kier alpha value is -0.190. The number of nitrogens with two attached hydrogens (primary N) is 1. The van der Waals surface area contributed by atoms with Crippen LogP contribution in [0, 0.1) is 0 Å². The molecule has 102 valence electrons. The maximum absolute atomic E-state index is 5.93. The summed E-state index contributed by atoms with van der Waals surface area (Å²) >= 11 is 5.43. The van der Waals surface area contributed by atoms with Crippen LogP contribution in [0.15, 0.2) is 22.7 Å². The first-order valence-electron chi connectivity index (χ1n) is 6.21. The van der Waals surface area contributed by atoms with Crippen LogP contribution in [0.1, 0.15) is 19.4 Å². The molecule has 1 aromatic rings. The molecule has 0 aliphatic heterocycles. The minimum atomic E-state index is 0.189. The van der Waals surface area contributed by atoms with E-state index >= 15 is 0 Å². The molecule has 0 aliphatic rings. The summed E-state index contributed by atoms with van der Waals surface area (Å²) < 4.78 is 1.12. The van der Waals surface area contributed by atoms with Gasteiger partial charge in [0.1, 0.15) is 0 Å². The summed E-state index contributed by atoms with van der Waals surface area (Å²) in [5.74, 6) is 1.13. The van der Waals surface area contributed by atoms with E-state index in [4.69, 9.17) is 5.73 Å². The van der Waals surface area contributed by atoms with Crippen LogP contribution >= 0.6 is 27.7 Å². The molecule has 2 atom stereocenters. The van der Waals surface area contributed by atoms with Gasteiger partial charge in [0.15, 0.2) is 0 Å². The summed E-state index contributed by atoms with van der Waals surface area (Å²) in [6.07, 6.45) is 3.06. The highest BCUT2D eigenvalue weighted by Gasteiger charge is 2.14. The molecule has 2 nitrogen and oxygen atoms in total. The molecule has 2 unspecified atom stereocenters. The van der Waals surface area contributed by atoms with Gasteiger partial charge in [-0.3, -0.25) is 0 Å². The van der Waals surface area contributed by atoms with Crippen molar-refractivity contribution in [3.63, 3.8) is 0 Å². The normalized spacial score (nSPS) is 14.3. The maximum atomic E-state index is 5.93. The zero-order valence-corrected chi connectivity index (χ0v) is 14.0. The average molecular weight is 331 g/mol. The molecule has 1 rings (SSSR count). The third-order valence-corrected chi connectivity index (χ3v) is 4.35. The van der Waals surface area contributed by atoms with Gasteiger partial charge in [-0.25, -0.2) is 0 Å². The average Bonchev–Trinajstić information content (AvgIpc) is 2.30.